The third kappa shape index (κ3) is 3.34. The van der Waals surface area contributed by atoms with Crippen molar-refractivity contribution < 1.29 is 33.4 Å². The molecule has 1 unspecified atom stereocenters. The third-order valence-electron chi connectivity index (χ3n) is 4.44. The average Bonchev–Trinajstić information content (AvgIpc) is 3.29. The monoisotopic (exact) mass is 386 g/mol. The number of amides is 1. The second-order valence-corrected chi connectivity index (χ2v) is 6.40. The van der Waals surface area contributed by atoms with Gasteiger partial charge in [-0.15, -0.1) is 0 Å². The first-order valence-corrected chi connectivity index (χ1v) is 8.39. The Morgan fingerprint density at radius 2 is 1.89 bits per heavy atom. The highest BCUT2D eigenvalue weighted by molar-refractivity contribution is 6.09. The highest BCUT2D eigenvalue weighted by Crippen LogP contribution is 2.36. The number of anilines is 1. The number of carboxylic acids is 1. The number of benzene rings is 2. The van der Waals surface area contributed by atoms with Crippen molar-refractivity contribution in [3.8, 4) is 11.5 Å². The van der Waals surface area contributed by atoms with E-state index >= 15 is 0 Å². The third-order valence-corrected chi connectivity index (χ3v) is 4.44. The SMILES string of the molecule is O=C(O)CC1(C(=O)Nc2ccc3c(c2)OCO3)CC(c2ccc(F)cc2)=NO1. The number of aliphatic carboxylic acids is 1. The number of carbonyl (C=O) groups is 2. The zero-order chi connectivity index (χ0) is 19.7. The molecule has 0 fully saturated rings. The summed E-state index contributed by atoms with van der Waals surface area (Å²) in [5, 5.41) is 15.8. The molecule has 0 radical (unpaired) electrons. The van der Waals surface area contributed by atoms with E-state index in [1.807, 2.05) is 0 Å². The standard InChI is InChI=1S/C19H15FN2O6/c20-12-3-1-11(2-4-12)14-8-19(28-22-14,9-17(23)24)18(25)21-13-5-6-15-16(7-13)27-10-26-15/h1-7H,8-10H2,(H,21,25)(H,23,24). The van der Waals surface area contributed by atoms with Crippen LogP contribution < -0.4 is 14.8 Å². The van der Waals surface area contributed by atoms with Crippen LogP contribution >= 0.6 is 0 Å². The summed E-state index contributed by atoms with van der Waals surface area (Å²) in [6.07, 6.45) is -0.654. The molecule has 0 saturated carbocycles. The minimum Gasteiger partial charge on any atom is -0.481 e. The van der Waals surface area contributed by atoms with Crippen LogP contribution in [0.2, 0.25) is 0 Å². The van der Waals surface area contributed by atoms with Gasteiger partial charge in [-0.3, -0.25) is 9.59 Å². The smallest absolute Gasteiger partial charge is 0.308 e. The van der Waals surface area contributed by atoms with E-state index in [1.165, 1.54) is 24.3 Å². The lowest BCUT2D eigenvalue weighted by molar-refractivity contribution is -0.152. The van der Waals surface area contributed by atoms with Crippen LogP contribution in [0.1, 0.15) is 18.4 Å². The predicted molar refractivity (Wildman–Crippen MR) is 94.8 cm³/mol. The van der Waals surface area contributed by atoms with E-state index in [1.54, 1.807) is 18.2 Å². The molecule has 2 N–H and O–H groups in total. The Bertz CT molecular complexity index is 975. The second-order valence-electron chi connectivity index (χ2n) is 6.40. The molecular weight excluding hydrogens is 371 g/mol. The van der Waals surface area contributed by atoms with Crippen molar-refractivity contribution in [3.63, 3.8) is 0 Å². The molecule has 2 aromatic carbocycles. The van der Waals surface area contributed by atoms with Gasteiger partial charge in [0.25, 0.3) is 5.91 Å². The zero-order valence-corrected chi connectivity index (χ0v) is 14.5. The number of rotatable bonds is 5. The minimum absolute atomic E-state index is 0.0681. The van der Waals surface area contributed by atoms with Gasteiger partial charge in [0.15, 0.2) is 11.5 Å². The molecule has 9 heteroatoms. The molecule has 28 heavy (non-hydrogen) atoms. The Hall–Kier alpha value is -3.62. The summed E-state index contributed by atoms with van der Waals surface area (Å²) < 4.78 is 23.6. The molecule has 0 spiro atoms. The quantitative estimate of drug-likeness (QED) is 0.818. The second kappa shape index (κ2) is 6.84. The first kappa shape index (κ1) is 17.8. The summed E-state index contributed by atoms with van der Waals surface area (Å²) in [5.41, 5.74) is -0.407. The molecule has 0 aromatic heterocycles. The summed E-state index contributed by atoms with van der Waals surface area (Å²) in [7, 11) is 0. The van der Waals surface area contributed by atoms with Crippen molar-refractivity contribution in [2.45, 2.75) is 18.4 Å². The molecule has 2 aliphatic rings. The van der Waals surface area contributed by atoms with E-state index in [4.69, 9.17) is 14.3 Å². The highest BCUT2D eigenvalue weighted by atomic mass is 19.1. The number of carboxylic acid groups (broad SMARTS) is 1. The van der Waals surface area contributed by atoms with Crippen LogP contribution in [-0.2, 0) is 14.4 Å². The van der Waals surface area contributed by atoms with Gasteiger partial charge < -0.3 is 24.7 Å². The van der Waals surface area contributed by atoms with E-state index in [2.05, 4.69) is 10.5 Å². The molecule has 8 nitrogen and oxygen atoms in total. The lowest BCUT2D eigenvalue weighted by atomic mass is 9.90. The van der Waals surface area contributed by atoms with Gasteiger partial charge in [-0.25, -0.2) is 4.39 Å². The number of halogens is 1. The number of hydrogen-bond acceptors (Lipinski definition) is 6. The molecule has 144 valence electrons. The number of carbonyl (C=O) groups excluding carboxylic acids is 1. The minimum atomic E-state index is -1.72. The summed E-state index contributed by atoms with van der Waals surface area (Å²) in [6, 6.07) is 10.3. The van der Waals surface area contributed by atoms with Gasteiger partial charge in [0, 0.05) is 18.2 Å². The van der Waals surface area contributed by atoms with E-state index < -0.39 is 29.7 Å². The fourth-order valence-corrected chi connectivity index (χ4v) is 3.03. The van der Waals surface area contributed by atoms with Crippen molar-refractivity contribution in [3.05, 3.63) is 53.8 Å². The van der Waals surface area contributed by atoms with Crippen LogP contribution in [-0.4, -0.2) is 35.1 Å². The Morgan fingerprint density at radius 3 is 2.64 bits per heavy atom. The molecule has 2 aliphatic heterocycles. The summed E-state index contributed by atoms with van der Waals surface area (Å²) >= 11 is 0. The van der Waals surface area contributed by atoms with Crippen molar-refractivity contribution in [1.29, 1.82) is 0 Å². The first-order valence-electron chi connectivity index (χ1n) is 8.39. The van der Waals surface area contributed by atoms with Crippen LogP contribution in [0.25, 0.3) is 0 Å². The van der Waals surface area contributed by atoms with Crippen molar-refractivity contribution >= 4 is 23.3 Å². The van der Waals surface area contributed by atoms with Crippen LogP contribution in [0.4, 0.5) is 10.1 Å². The predicted octanol–water partition coefficient (Wildman–Crippen LogP) is 2.53. The van der Waals surface area contributed by atoms with Gasteiger partial charge >= 0.3 is 5.97 Å². The maximum Gasteiger partial charge on any atom is 0.308 e. The molecule has 1 atom stereocenters. The molecule has 0 saturated heterocycles. The van der Waals surface area contributed by atoms with Crippen LogP contribution in [0, 0.1) is 5.82 Å². The highest BCUT2D eigenvalue weighted by Gasteiger charge is 2.48. The summed E-state index contributed by atoms with van der Waals surface area (Å²) in [6.45, 7) is 0.0909. The lowest BCUT2D eigenvalue weighted by Crippen LogP contribution is -2.45. The van der Waals surface area contributed by atoms with Crippen molar-refractivity contribution in [1.82, 2.24) is 0 Å². The van der Waals surface area contributed by atoms with Gasteiger partial charge in [-0.1, -0.05) is 17.3 Å². The number of oxime groups is 1. The first-order chi connectivity index (χ1) is 13.4. The van der Waals surface area contributed by atoms with Crippen molar-refractivity contribution in [2.24, 2.45) is 5.16 Å². The molecule has 4 rings (SSSR count). The maximum atomic E-state index is 13.1. The number of nitrogens with zero attached hydrogens (tertiary/aromatic N) is 1. The Balaban J connectivity index is 1.55. The Kier molecular flexibility index (Phi) is 4.34. The topological polar surface area (TPSA) is 106 Å². The maximum absolute atomic E-state index is 13.1. The Labute approximate surface area is 158 Å². The lowest BCUT2D eigenvalue weighted by Gasteiger charge is -2.23. The van der Waals surface area contributed by atoms with Crippen LogP contribution in [0.5, 0.6) is 11.5 Å². The van der Waals surface area contributed by atoms with Gasteiger partial charge in [-0.05, 0) is 29.8 Å². The molecule has 1 amide bonds. The number of fused-ring (bicyclic) bond motifs is 1. The molecule has 2 aromatic rings. The zero-order valence-electron chi connectivity index (χ0n) is 14.5. The van der Waals surface area contributed by atoms with E-state index in [0.29, 0.717) is 28.5 Å². The van der Waals surface area contributed by atoms with Crippen LogP contribution in [0.15, 0.2) is 47.6 Å². The molecule has 0 bridgehead atoms. The van der Waals surface area contributed by atoms with Crippen molar-refractivity contribution in [2.75, 3.05) is 12.1 Å². The average molecular weight is 386 g/mol. The largest absolute Gasteiger partial charge is 0.481 e. The molecule has 0 aliphatic carbocycles. The normalized spacial score (nSPS) is 19.7. The fraction of sp³-hybridized carbons (Fsp3) is 0.211. The molecular formula is C19H15FN2O6. The molecule has 2 heterocycles. The van der Waals surface area contributed by atoms with Crippen LogP contribution in [0.3, 0.4) is 0 Å². The summed E-state index contributed by atoms with van der Waals surface area (Å²) in [5.74, 6) is -1.26. The van der Waals surface area contributed by atoms with Gasteiger partial charge in [0.2, 0.25) is 12.4 Å². The van der Waals surface area contributed by atoms with Gasteiger partial charge in [0.05, 0.1) is 12.1 Å². The number of ether oxygens (including phenoxy) is 2. The Morgan fingerprint density at radius 1 is 1.14 bits per heavy atom. The van der Waals surface area contributed by atoms with Gasteiger partial charge in [-0.2, -0.15) is 0 Å². The van der Waals surface area contributed by atoms with E-state index in [9.17, 15) is 19.1 Å². The fourth-order valence-electron chi connectivity index (χ4n) is 3.03. The number of nitrogens with one attached hydrogen (secondary N) is 1. The van der Waals surface area contributed by atoms with Gasteiger partial charge in [0.1, 0.15) is 5.82 Å². The van der Waals surface area contributed by atoms with E-state index in [-0.39, 0.29) is 13.2 Å². The number of hydrogen-bond donors (Lipinski definition) is 2. The summed E-state index contributed by atoms with van der Waals surface area (Å²) in [4.78, 5) is 29.6. The van der Waals surface area contributed by atoms with E-state index in [0.717, 1.165) is 0 Å².